The quantitative estimate of drug-likeness (QED) is 0.649. The number of carbonyl (C=O) groups excluding carboxylic acids is 2. The lowest BCUT2D eigenvalue weighted by molar-refractivity contribution is 0.0952. The monoisotopic (exact) mass is 388 g/mol. The van der Waals surface area contributed by atoms with Crippen LogP contribution in [-0.2, 0) is 6.42 Å². The molecule has 0 aliphatic heterocycles. The summed E-state index contributed by atoms with van der Waals surface area (Å²) in [6.07, 6.45) is 0.757. The summed E-state index contributed by atoms with van der Waals surface area (Å²) in [7, 11) is 1.57. The van der Waals surface area contributed by atoms with E-state index in [4.69, 9.17) is 4.74 Å². The smallest absolute Gasteiger partial charge is 0.286 e. The van der Waals surface area contributed by atoms with E-state index in [1.54, 1.807) is 42.7 Å². The topological polar surface area (TPSA) is 93.2 Å². The molecule has 0 fully saturated rings. The number of anilines is 1. The van der Waals surface area contributed by atoms with Crippen LogP contribution in [0.2, 0.25) is 0 Å². The molecule has 0 atom stereocenters. The third kappa shape index (κ3) is 4.64. The van der Waals surface area contributed by atoms with Crippen molar-refractivity contribution in [2.24, 2.45) is 0 Å². The fraction of sp³-hybridized carbons (Fsp3) is 0.176. The Morgan fingerprint density at radius 3 is 2.46 bits per heavy atom. The molecule has 0 bridgehead atoms. The Morgan fingerprint density at radius 2 is 1.81 bits per heavy atom. The molecule has 3 aromatic rings. The van der Waals surface area contributed by atoms with Gasteiger partial charge in [0.05, 0.1) is 7.11 Å². The van der Waals surface area contributed by atoms with Crippen LogP contribution >= 0.6 is 22.7 Å². The highest BCUT2D eigenvalue weighted by atomic mass is 32.1. The summed E-state index contributed by atoms with van der Waals surface area (Å²) in [6.45, 7) is 0.506. The molecule has 0 spiro atoms. The zero-order valence-electron chi connectivity index (χ0n) is 13.9. The lowest BCUT2D eigenvalue weighted by Crippen LogP contribution is -2.25. The molecule has 9 heteroatoms. The van der Waals surface area contributed by atoms with Crippen LogP contribution in [-0.4, -0.2) is 35.7 Å². The Balaban J connectivity index is 1.53. The summed E-state index contributed by atoms with van der Waals surface area (Å²) < 4.78 is 5.07. The highest BCUT2D eigenvalue weighted by Gasteiger charge is 2.17. The van der Waals surface area contributed by atoms with Crippen molar-refractivity contribution in [2.75, 3.05) is 19.0 Å². The van der Waals surface area contributed by atoms with Crippen LogP contribution in [0.4, 0.5) is 5.69 Å². The van der Waals surface area contributed by atoms with Gasteiger partial charge in [-0.25, -0.2) is 0 Å². The molecule has 2 heterocycles. The van der Waals surface area contributed by atoms with Gasteiger partial charge in [-0.15, -0.1) is 21.5 Å². The highest BCUT2D eigenvalue weighted by Crippen LogP contribution is 2.17. The molecule has 7 nitrogen and oxygen atoms in total. The molecule has 0 radical (unpaired) electrons. The molecule has 0 aliphatic carbocycles. The first-order chi connectivity index (χ1) is 12.7. The second kappa shape index (κ2) is 8.54. The van der Waals surface area contributed by atoms with E-state index in [0.29, 0.717) is 18.0 Å². The predicted molar refractivity (Wildman–Crippen MR) is 101 cm³/mol. The maximum atomic E-state index is 12.2. The Labute approximate surface area is 158 Å². The van der Waals surface area contributed by atoms with Crippen LogP contribution in [0.25, 0.3) is 0 Å². The van der Waals surface area contributed by atoms with E-state index in [2.05, 4.69) is 20.8 Å². The Bertz CT molecular complexity index is 876. The van der Waals surface area contributed by atoms with Gasteiger partial charge in [0.1, 0.15) is 5.75 Å². The molecule has 134 valence electrons. The fourth-order valence-corrected chi connectivity index (χ4v) is 3.46. The fourth-order valence-electron chi connectivity index (χ4n) is 2.10. The van der Waals surface area contributed by atoms with E-state index in [1.807, 2.05) is 17.5 Å². The van der Waals surface area contributed by atoms with Gasteiger partial charge in [-0.2, -0.15) is 0 Å². The van der Waals surface area contributed by atoms with Gasteiger partial charge >= 0.3 is 0 Å². The number of ether oxygens (including phenoxy) is 1. The van der Waals surface area contributed by atoms with E-state index in [1.165, 1.54) is 4.88 Å². The molecular formula is C17H16N4O3S2. The minimum absolute atomic E-state index is 0.129. The molecule has 0 aliphatic rings. The number of nitrogens with zero attached hydrogens (tertiary/aromatic N) is 2. The van der Waals surface area contributed by atoms with Crippen LogP contribution in [0.5, 0.6) is 5.75 Å². The normalized spacial score (nSPS) is 10.3. The predicted octanol–water partition coefficient (Wildman–Crippen LogP) is 2.83. The number of methoxy groups -OCH3 is 1. The zero-order chi connectivity index (χ0) is 18.4. The van der Waals surface area contributed by atoms with E-state index >= 15 is 0 Å². The molecule has 2 aromatic heterocycles. The number of aromatic nitrogens is 2. The maximum Gasteiger partial charge on any atom is 0.286 e. The molecule has 3 rings (SSSR count). The summed E-state index contributed by atoms with van der Waals surface area (Å²) in [5.41, 5.74) is 0.605. The third-order valence-corrected chi connectivity index (χ3v) is 5.26. The van der Waals surface area contributed by atoms with Gasteiger partial charge in [0.2, 0.25) is 10.0 Å². The van der Waals surface area contributed by atoms with Gasteiger partial charge in [-0.3, -0.25) is 9.59 Å². The minimum atomic E-state index is -0.412. The number of hydrogen-bond donors (Lipinski definition) is 2. The summed E-state index contributed by atoms with van der Waals surface area (Å²) in [4.78, 5) is 25.5. The molecule has 1 aromatic carbocycles. The van der Waals surface area contributed by atoms with Gasteiger partial charge in [0.15, 0.2) is 0 Å². The number of amides is 2. The number of thiophene rings is 1. The minimum Gasteiger partial charge on any atom is -0.497 e. The number of rotatable bonds is 7. The number of hydrogen-bond acceptors (Lipinski definition) is 7. The molecular weight excluding hydrogens is 372 g/mol. The average Bonchev–Trinajstić information content (AvgIpc) is 3.34. The second-order valence-electron chi connectivity index (χ2n) is 5.18. The highest BCUT2D eigenvalue weighted by molar-refractivity contribution is 7.15. The third-order valence-electron chi connectivity index (χ3n) is 3.40. The van der Waals surface area contributed by atoms with Gasteiger partial charge in [-0.05, 0) is 42.1 Å². The second-order valence-corrected chi connectivity index (χ2v) is 7.19. The van der Waals surface area contributed by atoms with Gasteiger partial charge in [-0.1, -0.05) is 17.4 Å². The van der Waals surface area contributed by atoms with E-state index < -0.39 is 5.91 Å². The summed E-state index contributed by atoms with van der Waals surface area (Å²) in [5, 5.41) is 15.4. The van der Waals surface area contributed by atoms with Crippen molar-refractivity contribution in [2.45, 2.75) is 6.42 Å². The summed E-state index contributed by atoms with van der Waals surface area (Å²) in [5.74, 6) is -0.0479. The van der Waals surface area contributed by atoms with Crippen molar-refractivity contribution in [3.8, 4) is 5.75 Å². The van der Waals surface area contributed by atoms with E-state index in [-0.39, 0.29) is 15.9 Å². The first-order valence-electron chi connectivity index (χ1n) is 7.75. The van der Waals surface area contributed by atoms with Crippen molar-refractivity contribution in [3.63, 3.8) is 0 Å². The molecule has 0 saturated heterocycles. The Hall–Kier alpha value is -2.78. The largest absolute Gasteiger partial charge is 0.497 e. The van der Waals surface area contributed by atoms with Crippen molar-refractivity contribution in [1.82, 2.24) is 15.5 Å². The zero-order valence-corrected chi connectivity index (χ0v) is 15.5. The lowest BCUT2D eigenvalue weighted by Gasteiger charge is -2.04. The Kier molecular flexibility index (Phi) is 5.92. The lowest BCUT2D eigenvalue weighted by atomic mass is 10.3. The number of nitrogens with one attached hydrogen (secondary N) is 2. The van der Waals surface area contributed by atoms with Crippen LogP contribution < -0.4 is 15.4 Å². The molecule has 2 N–H and O–H groups in total. The van der Waals surface area contributed by atoms with Crippen molar-refractivity contribution >= 4 is 40.2 Å². The Morgan fingerprint density at radius 1 is 1.08 bits per heavy atom. The maximum absolute atomic E-state index is 12.2. The summed E-state index contributed by atoms with van der Waals surface area (Å²) in [6, 6.07) is 10.9. The standard InChI is InChI=1S/C17H16N4O3S2/c1-24-12-6-4-11(5-7-12)19-15(23)17-21-20-16(26-17)14(22)18-9-8-13-3-2-10-25-13/h2-7,10H,8-9H2,1H3,(H,18,22)(H,19,23). The molecule has 0 unspecified atom stereocenters. The van der Waals surface area contributed by atoms with Gasteiger partial charge in [0.25, 0.3) is 11.8 Å². The van der Waals surface area contributed by atoms with Crippen molar-refractivity contribution < 1.29 is 14.3 Å². The SMILES string of the molecule is COc1ccc(NC(=O)c2nnc(C(=O)NCCc3cccs3)s2)cc1. The summed E-state index contributed by atoms with van der Waals surface area (Å²) >= 11 is 2.60. The molecule has 2 amide bonds. The van der Waals surface area contributed by atoms with Crippen LogP contribution in [0.3, 0.4) is 0 Å². The molecule has 26 heavy (non-hydrogen) atoms. The average molecular weight is 388 g/mol. The number of carbonyl (C=O) groups is 2. The first-order valence-corrected chi connectivity index (χ1v) is 9.45. The van der Waals surface area contributed by atoms with Crippen molar-refractivity contribution in [1.29, 1.82) is 0 Å². The van der Waals surface area contributed by atoms with Crippen LogP contribution in [0.1, 0.15) is 24.5 Å². The van der Waals surface area contributed by atoms with E-state index in [9.17, 15) is 9.59 Å². The van der Waals surface area contributed by atoms with E-state index in [0.717, 1.165) is 17.8 Å². The van der Waals surface area contributed by atoms with Gasteiger partial charge in [0, 0.05) is 17.1 Å². The first kappa shape index (κ1) is 18.0. The van der Waals surface area contributed by atoms with Crippen LogP contribution in [0.15, 0.2) is 41.8 Å². The van der Waals surface area contributed by atoms with Crippen LogP contribution in [0, 0.1) is 0 Å². The molecule has 0 saturated carbocycles. The van der Waals surface area contributed by atoms with Gasteiger partial charge < -0.3 is 15.4 Å². The van der Waals surface area contributed by atoms with Crippen molar-refractivity contribution in [3.05, 3.63) is 56.7 Å². The number of benzene rings is 1.